The summed E-state index contributed by atoms with van der Waals surface area (Å²) in [5.41, 5.74) is 5.65. The summed E-state index contributed by atoms with van der Waals surface area (Å²) >= 11 is 1.84. The molecule has 0 fully saturated rings. The molecule has 0 aromatic rings. The lowest BCUT2D eigenvalue weighted by Crippen LogP contribution is -2.37. The first kappa shape index (κ1) is 12.6. The summed E-state index contributed by atoms with van der Waals surface area (Å²) in [5, 5.41) is 3.06. The minimum atomic E-state index is 0.361. The van der Waals surface area contributed by atoms with Crippen molar-refractivity contribution in [3.05, 3.63) is 0 Å². The molecule has 0 bridgehead atoms. The monoisotopic (exact) mass is 203 g/mol. The van der Waals surface area contributed by atoms with E-state index in [1.54, 1.807) is 0 Å². The Bertz CT molecular complexity index is 157. The van der Waals surface area contributed by atoms with Gasteiger partial charge in [0.1, 0.15) is 0 Å². The molecule has 0 aliphatic carbocycles. The summed E-state index contributed by atoms with van der Waals surface area (Å²) in [6.07, 6.45) is 2.11. The van der Waals surface area contributed by atoms with E-state index in [2.05, 4.69) is 23.5 Å². The molecule has 3 N–H and O–H groups in total. The summed E-state index contributed by atoms with van der Waals surface area (Å²) in [4.78, 5) is 4.25. The van der Waals surface area contributed by atoms with Crippen LogP contribution in [0.15, 0.2) is 4.99 Å². The molecular weight excluding hydrogens is 182 g/mol. The Morgan fingerprint density at radius 1 is 1.46 bits per heavy atom. The number of rotatable bonds is 5. The van der Waals surface area contributed by atoms with Crippen molar-refractivity contribution in [3.63, 3.8) is 0 Å². The van der Waals surface area contributed by atoms with E-state index >= 15 is 0 Å². The second-order valence-corrected chi connectivity index (χ2v) is 4.50. The zero-order chi connectivity index (χ0) is 10.3. The van der Waals surface area contributed by atoms with Crippen molar-refractivity contribution >= 4 is 17.7 Å². The van der Waals surface area contributed by atoms with Crippen molar-refractivity contribution in [1.82, 2.24) is 5.32 Å². The number of nitrogens with one attached hydrogen (secondary N) is 1. The van der Waals surface area contributed by atoms with E-state index in [1.807, 2.05) is 25.6 Å². The maximum atomic E-state index is 5.65. The maximum absolute atomic E-state index is 5.65. The Morgan fingerprint density at radius 3 is 2.54 bits per heavy atom. The summed E-state index contributed by atoms with van der Waals surface area (Å²) in [6, 6.07) is 0.361. The van der Waals surface area contributed by atoms with Gasteiger partial charge in [-0.3, -0.25) is 4.99 Å². The van der Waals surface area contributed by atoms with Crippen LogP contribution in [0.2, 0.25) is 0 Å². The molecule has 0 heterocycles. The first-order valence-electron chi connectivity index (χ1n) is 4.61. The van der Waals surface area contributed by atoms with Crippen LogP contribution in [0.5, 0.6) is 0 Å². The molecule has 13 heavy (non-hydrogen) atoms. The third-order valence-corrected chi connectivity index (χ3v) is 2.36. The van der Waals surface area contributed by atoms with E-state index in [0.717, 1.165) is 12.3 Å². The third kappa shape index (κ3) is 7.96. The lowest BCUT2D eigenvalue weighted by atomic mass is 10.2. The first-order chi connectivity index (χ1) is 6.06. The Labute approximate surface area is 85.6 Å². The SMILES string of the molecule is CSCC(C)CN=C(N)NC(C)C. The van der Waals surface area contributed by atoms with Crippen LogP contribution in [-0.4, -0.2) is 30.6 Å². The van der Waals surface area contributed by atoms with Crippen LogP contribution in [-0.2, 0) is 0 Å². The molecule has 78 valence electrons. The number of nitrogens with two attached hydrogens (primary N) is 1. The number of guanidine groups is 1. The summed E-state index contributed by atoms with van der Waals surface area (Å²) < 4.78 is 0. The molecule has 0 aliphatic rings. The smallest absolute Gasteiger partial charge is 0.188 e. The van der Waals surface area contributed by atoms with E-state index in [0.29, 0.717) is 17.9 Å². The molecule has 0 aliphatic heterocycles. The normalized spacial score (nSPS) is 14.7. The first-order valence-corrected chi connectivity index (χ1v) is 6.01. The Morgan fingerprint density at radius 2 is 2.08 bits per heavy atom. The van der Waals surface area contributed by atoms with Crippen molar-refractivity contribution in [1.29, 1.82) is 0 Å². The van der Waals surface area contributed by atoms with Crippen LogP contribution in [0.3, 0.4) is 0 Å². The Hall–Kier alpha value is -0.380. The predicted octanol–water partition coefficient (Wildman–Crippen LogP) is 1.30. The minimum absolute atomic E-state index is 0.361. The van der Waals surface area contributed by atoms with Crippen molar-refractivity contribution in [3.8, 4) is 0 Å². The lowest BCUT2D eigenvalue weighted by Gasteiger charge is -2.10. The van der Waals surface area contributed by atoms with Gasteiger partial charge in [0.15, 0.2) is 5.96 Å². The number of hydrogen-bond acceptors (Lipinski definition) is 2. The molecule has 0 spiro atoms. The molecule has 0 aromatic carbocycles. The highest BCUT2D eigenvalue weighted by molar-refractivity contribution is 7.98. The minimum Gasteiger partial charge on any atom is -0.370 e. The van der Waals surface area contributed by atoms with Gasteiger partial charge in [-0.1, -0.05) is 6.92 Å². The fourth-order valence-corrected chi connectivity index (χ4v) is 1.61. The molecule has 0 saturated carbocycles. The zero-order valence-corrected chi connectivity index (χ0v) is 9.82. The van der Waals surface area contributed by atoms with Crippen molar-refractivity contribution < 1.29 is 0 Å². The van der Waals surface area contributed by atoms with Crippen LogP contribution >= 0.6 is 11.8 Å². The zero-order valence-electron chi connectivity index (χ0n) is 9.00. The average Bonchev–Trinajstić information content (AvgIpc) is 2.00. The van der Waals surface area contributed by atoms with E-state index in [9.17, 15) is 0 Å². The van der Waals surface area contributed by atoms with Gasteiger partial charge < -0.3 is 11.1 Å². The number of thioether (sulfide) groups is 1. The van der Waals surface area contributed by atoms with Gasteiger partial charge in [-0.2, -0.15) is 11.8 Å². The molecule has 1 atom stereocenters. The van der Waals surface area contributed by atoms with E-state index < -0.39 is 0 Å². The topological polar surface area (TPSA) is 50.4 Å². The van der Waals surface area contributed by atoms with Gasteiger partial charge in [0.2, 0.25) is 0 Å². The summed E-state index contributed by atoms with van der Waals surface area (Å²) in [5.74, 6) is 2.30. The van der Waals surface area contributed by atoms with E-state index in [1.165, 1.54) is 0 Å². The van der Waals surface area contributed by atoms with Crippen LogP contribution in [0.25, 0.3) is 0 Å². The second-order valence-electron chi connectivity index (χ2n) is 3.59. The number of hydrogen-bond donors (Lipinski definition) is 2. The van der Waals surface area contributed by atoms with E-state index in [4.69, 9.17) is 5.73 Å². The molecule has 0 rings (SSSR count). The fourth-order valence-electron chi connectivity index (χ4n) is 0.933. The summed E-state index contributed by atoms with van der Waals surface area (Å²) in [7, 11) is 0. The van der Waals surface area contributed by atoms with E-state index in [-0.39, 0.29) is 0 Å². The highest BCUT2D eigenvalue weighted by Gasteiger charge is 2.00. The molecule has 0 saturated heterocycles. The quantitative estimate of drug-likeness (QED) is 0.523. The molecule has 0 amide bonds. The van der Waals surface area contributed by atoms with Crippen molar-refractivity contribution in [2.24, 2.45) is 16.6 Å². The molecule has 0 aromatic heterocycles. The van der Waals surface area contributed by atoms with Gasteiger partial charge in [0.25, 0.3) is 0 Å². The number of nitrogens with zero attached hydrogens (tertiary/aromatic N) is 1. The average molecular weight is 203 g/mol. The highest BCUT2D eigenvalue weighted by Crippen LogP contribution is 2.03. The number of aliphatic imine (C=N–C) groups is 1. The van der Waals surface area contributed by atoms with Crippen molar-refractivity contribution in [2.75, 3.05) is 18.6 Å². The summed E-state index contributed by atoms with van der Waals surface area (Å²) in [6.45, 7) is 7.09. The Balaban J connectivity index is 3.68. The van der Waals surface area contributed by atoms with Crippen LogP contribution in [0.4, 0.5) is 0 Å². The third-order valence-electron chi connectivity index (χ3n) is 1.46. The largest absolute Gasteiger partial charge is 0.370 e. The standard InChI is InChI=1S/C9H21N3S/c1-7(2)12-9(10)11-5-8(3)6-13-4/h7-8H,5-6H2,1-4H3,(H3,10,11,12). The van der Waals surface area contributed by atoms with Crippen LogP contribution in [0, 0.1) is 5.92 Å². The van der Waals surface area contributed by atoms with Gasteiger partial charge >= 0.3 is 0 Å². The van der Waals surface area contributed by atoms with Gasteiger partial charge in [0, 0.05) is 12.6 Å². The van der Waals surface area contributed by atoms with Crippen LogP contribution in [0.1, 0.15) is 20.8 Å². The lowest BCUT2D eigenvalue weighted by molar-refractivity contribution is 0.664. The van der Waals surface area contributed by atoms with Gasteiger partial charge in [-0.15, -0.1) is 0 Å². The molecular formula is C9H21N3S. The Kier molecular flexibility index (Phi) is 6.86. The highest BCUT2D eigenvalue weighted by atomic mass is 32.2. The van der Waals surface area contributed by atoms with Crippen molar-refractivity contribution in [2.45, 2.75) is 26.8 Å². The predicted molar refractivity (Wildman–Crippen MR) is 62.3 cm³/mol. The molecule has 4 heteroatoms. The van der Waals surface area contributed by atoms with Crippen LogP contribution < -0.4 is 11.1 Å². The van der Waals surface area contributed by atoms with Gasteiger partial charge in [0.05, 0.1) is 0 Å². The molecule has 3 nitrogen and oxygen atoms in total. The molecule has 1 unspecified atom stereocenters. The fraction of sp³-hybridized carbons (Fsp3) is 0.889. The second kappa shape index (κ2) is 7.06. The van der Waals surface area contributed by atoms with Gasteiger partial charge in [-0.05, 0) is 31.8 Å². The molecule has 0 radical (unpaired) electrons. The maximum Gasteiger partial charge on any atom is 0.188 e. The van der Waals surface area contributed by atoms with Gasteiger partial charge in [-0.25, -0.2) is 0 Å².